The molecule has 0 radical (unpaired) electrons. The van der Waals surface area contributed by atoms with Crippen molar-refractivity contribution in [3.63, 3.8) is 0 Å². The Bertz CT molecular complexity index is 487. The highest BCUT2D eigenvalue weighted by atomic mass is 16.5. The smallest absolute Gasteiger partial charge is 0.336 e. The zero-order chi connectivity index (χ0) is 15.4. The molecule has 1 N–H and O–H groups in total. The van der Waals surface area contributed by atoms with E-state index in [1.165, 1.54) is 7.11 Å². The molecule has 2 aliphatic rings. The van der Waals surface area contributed by atoms with Gasteiger partial charge in [0, 0.05) is 17.8 Å². The van der Waals surface area contributed by atoms with Gasteiger partial charge in [0.05, 0.1) is 24.9 Å². The second-order valence-electron chi connectivity index (χ2n) is 5.52. The van der Waals surface area contributed by atoms with Gasteiger partial charge in [0.25, 0.3) is 0 Å². The number of nitrogens with one attached hydrogen (secondary N) is 1. The van der Waals surface area contributed by atoms with Crippen LogP contribution in [-0.4, -0.2) is 25.7 Å². The fourth-order valence-electron chi connectivity index (χ4n) is 3.31. The Balaban J connectivity index is 2.37. The van der Waals surface area contributed by atoms with Crippen LogP contribution in [0.1, 0.15) is 39.5 Å². The van der Waals surface area contributed by atoms with Gasteiger partial charge in [-0.05, 0) is 32.6 Å². The molecule has 1 saturated carbocycles. The highest BCUT2D eigenvalue weighted by Gasteiger charge is 2.40. The average Bonchev–Trinajstić information content (AvgIpc) is 3.00. The molecule has 5 nitrogen and oxygen atoms in total. The van der Waals surface area contributed by atoms with Crippen molar-refractivity contribution in [2.45, 2.75) is 39.5 Å². The minimum absolute atomic E-state index is 0.222. The van der Waals surface area contributed by atoms with Gasteiger partial charge in [0.1, 0.15) is 0 Å². The summed E-state index contributed by atoms with van der Waals surface area (Å²) in [6.07, 6.45) is 6.00. The lowest BCUT2D eigenvalue weighted by molar-refractivity contribution is -0.139. The predicted molar refractivity (Wildman–Crippen MR) is 78.0 cm³/mol. The first-order valence-corrected chi connectivity index (χ1v) is 7.53. The van der Waals surface area contributed by atoms with Crippen molar-refractivity contribution in [2.24, 2.45) is 11.8 Å². The molecule has 116 valence electrons. The summed E-state index contributed by atoms with van der Waals surface area (Å²) in [6.45, 7) is 3.94. The minimum Gasteiger partial charge on any atom is -0.466 e. The summed E-state index contributed by atoms with van der Waals surface area (Å²) < 4.78 is 10.1. The number of methoxy groups -OCH3 is 1. The first-order chi connectivity index (χ1) is 10.1. The normalized spacial score (nSPS) is 22.6. The summed E-state index contributed by atoms with van der Waals surface area (Å²) in [5.74, 6) is -0.644. The van der Waals surface area contributed by atoms with Gasteiger partial charge in [-0.3, -0.25) is 0 Å². The Hall–Kier alpha value is -1.78. The molecule has 1 aliphatic carbocycles. The second-order valence-corrected chi connectivity index (χ2v) is 5.52. The van der Waals surface area contributed by atoms with Crippen molar-refractivity contribution in [3.8, 4) is 0 Å². The van der Waals surface area contributed by atoms with Crippen LogP contribution in [0.15, 0.2) is 23.0 Å². The summed E-state index contributed by atoms with van der Waals surface area (Å²) in [4.78, 5) is 24.4. The van der Waals surface area contributed by atoms with Gasteiger partial charge in [-0.15, -0.1) is 0 Å². The van der Waals surface area contributed by atoms with E-state index >= 15 is 0 Å². The number of dihydropyridines is 1. The van der Waals surface area contributed by atoms with Crippen molar-refractivity contribution in [2.75, 3.05) is 13.7 Å². The van der Waals surface area contributed by atoms with Crippen LogP contribution in [0.2, 0.25) is 0 Å². The van der Waals surface area contributed by atoms with Crippen LogP contribution in [0.5, 0.6) is 0 Å². The molecule has 0 aromatic rings. The Morgan fingerprint density at radius 2 is 1.95 bits per heavy atom. The number of carbonyl (C=O) groups excluding carboxylic acids is 2. The predicted octanol–water partition coefficient (Wildman–Crippen LogP) is 2.29. The molecule has 0 amide bonds. The third kappa shape index (κ3) is 3.12. The van der Waals surface area contributed by atoms with Crippen LogP contribution in [-0.2, 0) is 19.1 Å². The molecule has 1 fully saturated rings. The van der Waals surface area contributed by atoms with Crippen molar-refractivity contribution < 1.29 is 19.1 Å². The first-order valence-electron chi connectivity index (χ1n) is 7.53. The zero-order valence-corrected chi connectivity index (χ0v) is 12.9. The quantitative estimate of drug-likeness (QED) is 0.806. The molecule has 21 heavy (non-hydrogen) atoms. The molecule has 1 atom stereocenters. The monoisotopic (exact) mass is 293 g/mol. The Kier molecular flexibility index (Phi) is 5.04. The summed E-state index contributed by atoms with van der Waals surface area (Å²) >= 11 is 0. The van der Waals surface area contributed by atoms with Crippen LogP contribution in [0.4, 0.5) is 0 Å². The van der Waals surface area contributed by atoms with Crippen molar-refractivity contribution in [1.29, 1.82) is 0 Å². The first kappa shape index (κ1) is 15.6. The van der Waals surface area contributed by atoms with Gasteiger partial charge in [0.2, 0.25) is 0 Å². The molecule has 1 heterocycles. The van der Waals surface area contributed by atoms with Gasteiger partial charge in [-0.2, -0.15) is 0 Å². The SMILES string of the molecule is CCOC(=O)C1=CNC(C)=C(C(=O)OC)[C@@H]1C1CCCC1. The molecule has 2 rings (SSSR count). The number of allylic oxidation sites excluding steroid dienone is 1. The molecular weight excluding hydrogens is 270 g/mol. The van der Waals surface area contributed by atoms with Gasteiger partial charge < -0.3 is 14.8 Å². The highest BCUT2D eigenvalue weighted by Crippen LogP contribution is 2.42. The van der Waals surface area contributed by atoms with E-state index in [9.17, 15) is 9.59 Å². The second kappa shape index (κ2) is 6.78. The third-order valence-corrected chi connectivity index (χ3v) is 4.28. The zero-order valence-electron chi connectivity index (χ0n) is 12.9. The van der Waals surface area contributed by atoms with Gasteiger partial charge >= 0.3 is 11.9 Å². The molecule has 1 aliphatic heterocycles. The maximum atomic E-state index is 12.2. The summed E-state index contributed by atoms with van der Waals surface area (Å²) in [5, 5.41) is 3.01. The summed E-state index contributed by atoms with van der Waals surface area (Å²) in [5.41, 5.74) is 1.86. The van der Waals surface area contributed by atoms with E-state index in [1.54, 1.807) is 13.1 Å². The number of rotatable bonds is 4. The van der Waals surface area contributed by atoms with E-state index in [0.717, 1.165) is 31.4 Å². The van der Waals surface area contributed by atoms with Crippen LogP contribution in [0, 0.1) is 11.8 Å². The van der Waals surface area contributed by atoms with Crippen LogP contribution >= 0.6 is 0 Å². The van der Waals surface area contributed by atoms with E-state index < -0.39 is 0 Å². The topological polar surface area (TPSA) is 64.6 Å². The van der Waals surface area contributed by atoms with Crippen LogP contribution in [0.3, 0.4) is 0 Å². The molecule has 0 unspecified atom stereocenters. The Morgan fingerprint density at radius 1 is 1.29 bits per heavy atom. The maximum Gasteiger partial charge on any atom is 0.336 e. The Morgan fingerprint density at radius 3 is 2.52 bits per heavy atom. The molecule has 0 bridgehead atoms. The molecule has 0 saturated heterocycles. The molecule has 0 spiro atoms. The van der Waals surface area contributed by atoms with Crippen molar-refractivity contribution in [1.82, 2.24) is 5.32 Å². The number of esters is 2. The lowest BCUT2D eigenvalue weighted by Gasteiger charge is -2.31. The average molecular weight is 293 g/mol. The van der Waals surface area contributed by atoms with Gasteiger partial charge in [0.15, 0.2) is 0 Å². The number of hydrogen-bond acceptors (Lipinski definition) is 5. The molecular formula is C16H23NO4. The summed E-state index contributed by atoms with van der Waals surface area (Å²) in [6, 6.07) is 0. The van der Waals surface area contributed by atoms with Crippen molar-refractivity contribution >= 4 is 11.9 Å². The largest absolute Gasteiger partial charge is 0.466 e. The highest BCUT2D eigenvalue weighted by molar-refractivity contribution is 5.97. The van der Waals surface area contributed by atoms with E-state index in [2.05, 4.69) is 5.32 Å². The van der Waals surface area contributed by atoms with Crippen LogP contribution in [0.25, 0.3) is 0 Å². The number of ether oxygens (including phenoxy) is 2. The fourth-order valence-corrected chi connectivity index (χ4v) is 3.31. The molecule has 0 aromatic heterocycles. The summed E-state index contributed by atoms with van der Waals surface area (Å²) in [7, 11) is 1.37. The van der Waals surface area contributed by atoms with E-state index in [1.807, 2.05) is 6.92 Å². The van der Waals surface area contributed by atoms with Gasteiger partial charge in [-0.1, -0.05) is 12.8 Å². The number of hydrogen-bond donors (Lipinski definition) is 1. The van der Waals surface area contributed by atoms with Crippen LogP contribution < -0.4 is 5.32 Å². The lowest BCUT2D eigenvalue weighted by Crippen LogP contribution is -2.34. The Labute approximate surface area is 125 Å². The third-order valence-electron chi connectivity index (χ3n) is 4.28. The van der Waals surface area contributed by atoms with E-state index in [4.69, 9.17) is 9.47 Å². The van der Waals surface area contributed by atoms with Gasteiger partial charge in [-0.25, -0.2) is 9.59 Å². The fraction of sp³-hybridized carbons (Fsp3) is 0.625. The van der Waals surface area contributed by atoms with E-state index in [0.29, 0.717) is 23.7 Å². The lowest BCUT2D eigenvalue weighted by atomic mass is 9.77. The minimum atomic E-state index is -0.369. The number of carbonyl (C=O) groups is 2. The standard InChI is InChI=1S/C16H23NO4/c1-4-21-15(18)12-9-17-10(2)13(16(19)20-3)14(12)11-7-5-6-8-11/h9,11,14,17H,4-8H2,1-3H3/t14-/m1/s1. The van der Waals surface area contributed by atoms with E-state index in [-0.39, 0.29) is 17.9 Å². The van der Waals surface area contributed by atoms with Crippen molar-refractivity contribution in [3.05, 3.63) is 23.0 Å². The maximum absolute atomic E-state index is 12.2. The molecule has 5 heteroatoms. The molecule has 0 aromatic carbocycles.